The molecule has 4 aromatic rings. The molecule has 0 N–H and O–H groups in total. The van der Waals surface area contributed by atoms with Crippen LogP contribution in [0.15, 0.2) is 65.3 Å². The molecule has 0 radical (unpaired) electrons. The van der Waals surface area contributed by atoms with Crippen molar-refractivity contribution in [3.63, 3.8) is 0 Å². The number of hydrogen-bond donors (Lipinski definition) is 0. The van der Waals surface area contributed by atoms with Gasteiger partial charge in [-0.25, -0.2) is 19.9 Å². The van der Waals surface area contributed by atoms with Gasteiger partial charge < -0.3 is 4.42 Å². The largest absolute Gasteiger partial charge is 0.464 e. The van der Waals surface area contributed by atoms with Crippen LogP contribution in [0.5, 0.6) is 0 Å². The number of pyridine rings is 1. The van der Waals surface area contributed by atoms with Crippen LogP contribution < -0.4 is 0 Å². The van der Waals surface area contributed by atoms with Crippen molar-refractivity contribution in [3.8, 4) is 21.1 Å². The first-order valence-corrected chi connectivity index (χ1v) is 8.94. The Morgan fingerprint density at radius 1 is 1.26 bits per heavy atom. The van der Waals surface area contributed by atoms with Crippen LogP contribution in [0.2, 0.25) is 0 Å². The van der Waals surface area contributed by atoms with Gasteiger partial charge in [0.2, 0.25) is 0 Å². The lowest BCUT2D eigenvalue weighted by Crippen LogP contribution is -1.92. The highest BCUT2D eigenvalue weighted by atomic mass is 32.1. The van der Waals surface area contributed by atoms with E-state index in [-0.39, 0.29) is 0 Å². The molecule has 0 aliphatic heterocycles. The molecule has 4 rings (SSSR count). The van der Waals surface area contributed by atoms with Gasteiger partial charge in [-0.05, 0) is 25.8 Å². The predicted octanol–water partition coefficient (Wildman–Crippen LogP) is 4.94. The van der Waals surface area contributed by atoms with E-state index in [2.05, 4.69) is 33.2 Å². The molecule has 0 aliphatic carbocycles. The minimum absolute atomic E-state index is 0.628. The number of hydrogen-bond acceptors (Lipinski definition) is 7. The molecule has 7 heteroatoms. The number of aryl methyl sites for hydroxylation is 1. The Labute approximate surface area is 159 Å². The average Bonchev–Trinajstić information content (AvgIpc) is 3.32. The highest BCUT2D eigenvalue weighted by Crippen LogP contribution is 2.38. The van der Waals surface area contributed by atoms with E-state index < -0.39 is 0 Å². The molecule has 0 unspecified atom stereocenters. The number of fused-ring (bicyclic) bond motifs is 1. The second-order valence-corrected chi connectivity index (χ2v) is 6.69. The van der Waals surface area contributed by atoms with E-state index in [0.717, 1.165) is 37.8 Å². The summed E-state index contributed by atoms with van der Waals surface area (Å²) in [5, 5.41) is 1.76. The van der Waals surface area contributed by atoms with Crippen LogP contribution in [0.25, 0.3) is 37.8 Å². The molecule has 4 aromatic heterocycles. The van der Waals surface area contributed by atoms with Crippen LogP contribution in [0.4, 0.5) is 0 Å². The summed E-state index contributed by atoms with van der Waals surface area (Å²) in [6.07, 6.45) is 10.1. The van der Waals surface area contributed by atoms with Gasteiger partial charge in [0.25, 0.3) is 0 Å². The van der Waals surface area contributed by atoms with Gasteiger partial charge in [0.05, 0.1) is 33.9 Å². The van der Waals surface area contributed by atoms with Gasteiger partial charge in [0.15, 0.2) is 0 Å². The Morgan fingerprint density at radius 2 is 2.07 bits per heavy atom. The first-order valence-electron chi connectivity index (χ1n) is 8.12. The van der Waals surface area contributed by atoms with Gasteiger partial charge in [-0.15, -0.1) is 11.3 Å². The van der Waals surface area contributed by atoms with Crippen molar-refractivity contribution in [2.24, 2.45) is 4.99 Å². The zero-order chi connectivity index (χ0) is 18.8. The predicted molar refractivity (Wildman–Crippen MR) is 109 cm³/mol. The van der Waals surface area contributed by atoms with Crippen molar-refractivity contribution >= 4 is 34.7 Å². The molecule has 0 saturated carbocycles. The fraction of sp³-hybridized carbons (Fsp3) is 0.0500. The molecule has 132 valence electrons. The van der Waals surface area contributed by atoms with Gasteiger partial charge in [0, 0.05) is 29.4 Å². The summed E-state index contributed by atoms with van der Waals surface area (Å²) >= 11 is 1.54. The molecule has 0 saturated heterocycles. The molecule has 0 spiro atoms. The lowest BCUT2D eigenvalue weighted by Gasteiger charge is -2.05. The van der Waals surface area contributed by atoms with E-state index in [1.165, 1.54) is 6.33 Å². The van der Waals surface area contributed by atoms with E-state index in [1.807, 2.05) is 19.1 Å². The smallest absolute Gasteiger partial charge is 0.138 e. The van der Waals surface area contributed by atoms with Crippen LogP contribution in [0.3, 0.4) is 0 Å². The topological polar surface area (TPSA) is 77.1 Å². The van der Waals surface area contributed by atoms with E-state index in [9.17, 15) is 0 Å². The second-order valence-electron chi connectivity index (χ2n) is 5.69. The van der Waals surface area contributed by atoms with Crippen molar-refractivity contribution in [1.29, 1.82) is 0 Å². The Balaban J connectivity index is 1.93. The number of nitrogens with zero attached hydrogens (tertiary/aromatic N) is 5. The third-order valence-corrected chi connectivity index (χ3v) is 5.19. The molecule has 4 heterocycles. The van der Waals surface area contributed by atoms with E-state index in [1.54, 1.807) is 42.1 Å². The normalized spacial score (nSPS) is 11.7. The molecular weight excluding hydrogens is 358 g/mol. The number of furan rings is 1. The van der Waals surface area contributed by atoms with Crippen LogP contribution in [0, 0.1) is 6.92 Å². The fourth-order valence-corrected chi connectivity index (χ4v) is 3.79. The minimum Gasteiger partial charge on any atom is -0.464 e. The molecular formula is C20H15N5OS. The molecule has 0 amide bonds. The fourth-order valence-electron chi connectivity index (χ4n) is 2.75. The summed E-state index contributed by atoms with van der Waals surface area (Å²) in [5.74, 6) is 0. The van der Waals surface area contributed by atoms with Gasteiger partial charge in [-0.1, -0.05) is 12.7 Å². The number of aliphatic imine (C=N–C) groups is 1. The Bertz CT molecular complexity index is 1170. The van der Waals surface area contributed by atoms with Crippen LogP contribution in [-0.2, 0) is 0 Å². The molecule has 0 atom stereocenters. The average molecular weight is 373 g/mol. The van der Waals surface area contributed by atoms with Crippen molar-refractivity contribution in [2.75, 3.05) is 0 Å². The zero-order valence-corrected chi connectivity index (χ0v) is 15.4. The van der Waals surface area contributed by atoms with Crippen molar-refractivity contribution < 1.29 is 4.42 Å². The molecule has 0 bridgehead atoms. The standard InChI is InChI=1S/C20H15N5OS/c1-4-5-15(21-3)16-8-17-14(6-7-26-17)18(25-16)19-12(2)24-20(27-19)13-9-22-11-23-10-13/h4-11H,1,3H2,2H3/b15-5-. The summed E-state index contributed by atoms with van der Waals surface area (Å²) in [4.78, 5) is 22.7. The highest BCUT2D eigenvalue weighted by molar-refractivity contribution is 7.18. The summed E-state index contributed by atoms with van der Waals surface area (Å²) < 4.78 is 5.63. The number of thiazole rings is 1. The lowest BCUT2D eigenvalue weighted by atomic mass is 10.1. The highest BCUT2D eigenvalue weighted by Gasteiger charge is 2.18. The molecule has 0 aromatic carbocycles. The lowest BCUT2D eigenvalue weighted by molar-refractivity contribution is 0.615. The maximum atomic E-state index is 5.63. The monoisotopic (exact) mass is 373 g/mol. The number of aromatic nitrogens is 4. The Morgan fingerprint density at radius 3 is 2.81 bits per heavy atom. The van der Waals surface area contributed by atoms with Gasteiger partial charge in [0.1, 0.15) is 16.9 Å². The summed E-state index contributed by atoms with van der Waals surface area (Å²) in [6.45, 7) is 9.31. The second kappa shape index (κ2) is 7.05. The number of rotatable bonds is 5. The third-order valence-electron chi connectivity index (χ3n) is 3.98. The molecule has 6 nitrogen and oxygen atoms in total. The Hall–Kier alpha value is -3.45. The van der Waals surface area contributed by atoms with Gasteiger partial charge in [-0.2, -0.15) is 0 Å². The van der Waals surface area contributed by atoms with Crippen LogP contribution in [-0.4, -0.2) is 26.7 Å². The molecule has 0 aliphatic rings. The quantitative estimate of drug-likeness (QED) is 0.366. The SMILES string of the molecule is C=C/C=C(\N=C)c1cc2occc2c(-c2sc(-c3cncnc3)nc2C)n1. The van der Waals surface area contributed by atoms with Crippen molar-refractivity contribution in [2.45, 2.75) is 6.92 Å². The maximum Gasteiger partial charge on any atom is 0.138 e. The molecule has 27 heavy (non-hydrogen) atoms. The summed E-state index contributed by atoms with van der Waals surface area (Å²) in [6, 6.07) is 3.76. The zero-order valence-electron chi connectivity index (χ0n) is 14.6. The molecule has 0 fully saturated rings. The van der Waals surface area contributed by atoms with Crippen molar-refractivity contribution in [1.82, 2.24) is 19.9 Å². The minimum atomic E-state index is 0.628. The van der Waals surface area contributed by atoms with Gasteiger partial charge >= 0.3 is 0 Å². The summed E-state index contributed by atoms with van der Waals surface area (Å²) in [7, 11) is 0. The van der Waals surface area contributed by atoms with Gasteiger partial charge in [-0.3, -0.25) is 4.99 Å². The maximum absolute atomic E-state index is 5.63. The van der Waals surface area contributed by atoms with E-state index >= 15 is 0 Å². The number of allylic oxidation sites excluding steroid dienone is 2. The van der Waals surface area contributed by atoms with E-state index in [4.69, 9.17) is 9.40 Å². The Kier molecular flexibility index (Phi) is 4.43. The first-order chi connectivity index (χ1) is 13.2. The first kappa shape index (κ1) is 17.0. The van der Waals surface area contributed by atoms with Crippen LogP contribution in [0.1, 0.15) is 11.4 Å². The van der Waals surface area contributed by atoms with E-state index in [0.29, 0.717) is 11.4 Å². The third kappa shape index (κ3) is 3.09. The van der Waals surface area contributed by atoms with Crippen LogP contribution >= 0.6 is 11.3 Å². The van der Waals surface area contributed by atoms with Crippen molar-refractivity contribution in [3.05, 3.63) is 67.2 Å². The summed E-state index contributed by atoms with van der Waals surface area (Å²) in [5.41, 5.74) is 4.57.